The van der Waals surface area contributed by atoms with Gasteiger partial charge >= 0.3 is 6.18 Å². The quantitative estimate of drug-likeness (QED) is 0.454. The van der Waals surface area contributed by atoms with E-state index in [4.69, 9.17) is 13.9 Å². The van der Waals surface area contributed by atoms with Crippen LogP contribution in [0.25, 0.3) is 11.0 Å². The molecular formula is C22H18F3N3O4. The molecule has 0 saturated carbocycles. The monoisotopic (exact) mass is 445 g/mol. The van der Waals surface area contributed by atoms with Crippen LogP contribution < -0.4 is 14.8 Å². The summed E-state index contributed by atoms with van der Waals surface area (Å²) in [4.78, 5) is 17.3. The van der Waals surface area contributed by atoms with Gasteiger partial charge in [0.25, 0.3) is 5.91 Å². The predicted octanol–water partition coefficient (Wildman–Crippen LogP) is 4.97. The summed E-state index contributed by atoms with van der Waals surface area (Å²) in [6.45, 7) is 0.153. The summed E-state index contributed by atoms with van der Waals surface area (Å²) in [6.07, 6.45) is -3.04. The van der Waals surface area contributed by atoms with Crippen molar-refractivity contribution in [3.05, 3.63) is 71.7 Å². The first-order valence-corrected chi connectivity index (χ1v) is 9.44. The maximum Gasteiger partial charge on any atom is 0.416 e. The Bertz CT molecular complexity index is 1260. The molecule has 0 aliphatic heterocycles. The number of anilines is 1. The van der Waals surface area contributed by atoms with Crippen LogP contribution in [0.2, 0.25) is 0 Å². The van der Waals surface area contributed by atoms with Crippen LogP contribution in [0.4, 0.5) is 19.1 Å². The number of furan rings is 1. The molecule has 32 heavy (non-hydrogen) atoms. The normalized spacial score (nSPS) is 11.5. The number of carbonyl (C=O) groups is 1. The minimum atomic E-state index is -4.52. The van der Waals surface area contributed by atoms with Crippen LogP contribution in [0.3, 0.4) is 0 Å². The van der Waals surface area contributed by atoms with E-state index in [0.717, 1.165) is 12.1 Å². The second-order valence-electron chi connectivity index (χ2n) is 6.80. The maximum atomic E-state index is 13.2. The third kappa shape index (κ3) is 3.98. The molecule has 2 aromatic heterocycles. The molecule has 0 aliphatic carbocycles. The van der Waals surface area contributed by atoms with Gasteiger partial charge in [-0.05, 0) is 42.5 Å². The molecule has 2 heterocycles. The average Bonchev–Trinajstić information content (AvgIpc) is 3.40. The minimum Gasteiger partial charge on any atom is -0.493 e. The smallest absolute Gasteiger partial charge is 0.416 e. The van der Waals surface area contributed by atoms with Gasteiger partial charge in [0, 0.05) is 0 Å². The molecule has 0 bridgehead atoms. The number of carbonyl (C=O) groups excluding carboxylic acids is 1. The summed E-state index contributed by atoms with van der Waals surface area (Å²) in [5.41, 5.74) is -0.166. The van der Waals surface area contributed by atoms with Crippen molar-refractivity contribution in [2.24, 2.45) is 0 Å². The zero-order chi connectivity index (χ0) is 22.9. The molecule has 0 unspecified atom stereocenters. The standard InChI is InChI=1S/C22H18F3N3O4/c1-30-18-7-3-6-15(19(18)31-2)20(29)27-21-26-16-11-13(22(23,24)25)8-9-17(16)28(21)12-14-5-4-10-32-14/h3-11H,12H2,1-2H3,(H,26,27,29). The summed E-state index contributed by atoms with van der Waals surface area (Å²) < 4.78 is 57.0. The van der Waals surface area contributed by atoms with Gasteiger partial charge in [0.05, 0.1) is 49.2 Å². The molecule has 4 aromatic rings. The molecule has 4 rings (SSSR count). The van der Waals surface area contributed by atoms with Crippen LogP contribution >= 0.6 is 0 Å². The number of aromatic nitrogens is 2. The van der Waals surface area contributed by atoms with Gasteiger partial charge in [0.1, 0.15) is 5.76 Å². The molecule has 0 atom stereocenters. The summed E-state index contributed by atoms with van der Waals surface area (Å²) in [5.74, 6) is 0.622. The van der Waals surface area contributed by atoms with Crippen LogP contribution in [0.5, 0.6) is 11.5 Å². The van der Waals surface area contributed by atoms with Gasteiger partial charge in [0.15, 0.2) is 11.5 Å². The van der Waals surface area contributed by atoms with Crippen molar-refractivity contribution in [1.29, 1.82) is 0 Å². The second-order valence-corrected chi connectivity index (χ2v) is 6.80. The van der Waals surface area contributed by atoms with Gasteiger partial charge < -0.3 is 18.5 Å². The van der Waals surface area contributed by atoms with Crippen molar-refractivity contribution in [3.8, 4) is 11.5 Å². The Morgan fingerprint density at radius 1 is 1.12 bits per heavy atom. The number of ether oxygens (including phenoxy) is 2. The minimum absolute atomic E-state index is 0.0607. The number of nitrogens with one attached hydrogen (secondary N) is 1. The molecule has 2 aromatic carbocycles. The lowest BCUT2D eigenvalue weighted by Gasteiger charge is -2.13. The lowest BCUT2D eigenvalue weighted by molar-refractivity contribution is -0.137. The Morgan fingerprint density at radius 3 is 2.59 bits per heavy atom. The van der Waals surface area contributed by atoms with E-state index in [-0.39, 0.29) is 29.3 Å². The zero-order valence-electron chi connectivity index (χ0n) is 17.1. The van der Waals surface area contributed by atoms with Gasteiger partial charge in [-0.3, -0.25) is 10.1 Å². The third-order valence-corrected chi connectivity index (χ3v) is 4.84. The third-order valence-electron chi connectivity index (χ3n) is 4.84. The molecule has 0 radical (unpaired) electrons. The summed E-state index contributed by atoms with van der Waals surface area (Å²) in [5, 5.41) is 2.67. The lowest BCUT2D eigenvalue weighted by atomic mass is 10.1. The van der Waals surface area contributed by atoms with Crippen LogP contribution in [-0.4, -0.2) is 29.7 Å². The number of methoxy groups -OCH3 is 2. The first-order valence-electron chi connectivity index (χ1n) is 9.44. The van der Waals surface area contributed by atoms with Crippen molar-refractivity contribution in [2.75, 3.05) is 19.5 Å². The number of hydrogen-bond acceptors (Lipinski definition) is 5. The number of amides is 1. The highest BCUT2D eigenvalue weighted by molar-refractivity contribution is 6.06. The van der Waals surface area contributed by atoms with E-state index < -0.39 is 17.6 Å². The average molecular weight is 445 g/mol. The number of rotatable bonds is 6. The molecule has 0 aliphatic rings. The highest BCUT2D eigenvalue weighted by Gasteiger charge is 2.31. The molecule has 0 saturated heterocycles. The fourth-order valence-electron chi connectivity index (χ4n) is 3.35. The highest BCUT2D eigenvalue weighted by atomic mass is 19.4. The summed E-state index contributed by atoms with van der Waals surface area (Å²) in [7, 11) is 2.85. The Morgan fingerprint density at radius 2 is 1.94 bits per heavy atom. The number of para-hydroxylation sites is 1. The van der Waals surface area contributed by atoms with Crippen LogP contribution in [0.15, 0.2) is 59.2 Å². The van der Waals surface area contributed by atoms with Gasteiger partial charge in [0.2, 0.25) is 5.95 Å². The number of hydrogen-bond donors (Lipinski definition) is 1. The van der Waals surface area contributed by atoms with Gasteiger partial charge in [-0.25, -0.2) is 4.98 Å². The van der Waals surface area contributed by atoms with E-state index in [1.807, 2.05) is 0 Å². The molecule has 7 nitrogen and oxygen atoms in total. The molecular weight excluding hydrogens is 427 g/mol. The topological polar surface area (TPSA) is 78.5 Å². The number of imidazole rings is 1. The number of benzene rings is 2. The molecule has 0 fully saturated rings. The number of alkyl halides is 3. The molecule has 10 heteroatoms. The largest absolute Gasteiger partial charge is 0.493 e. The predicted molar refractivity (Wildman–Crippen MR) is 110 cm³/mol. The fourth-order valence-corrected chi connectivity index (χ4v) is 3.35. The summed E-state index contributed by atoms with van der Waals surface area (Å²) >= 11 is 0. The first-order chi connectivity index (χ1) is 15.3. The van der Waals surface area contributed by atoms with Gasteiger partial charge in [-0.2, -0.15) is 13.2 Å². The van der Waals surface area contributed by atoms with Gasteiger partial charge in [-0.1, -0.05) is 6.07 Å². The number of fused-ring (bicyclic) bond motifs is 1. The van der Waals surface area contributed by atoms with E-state index in [9.17, 15) is 18.0 Å². The van der Waals surface area contributed by atoms with Crippen molar-refractivity contribution in [3.63, 3.8) is 0 Å². The van der Waals surface area contributed by atoms with Crippen LogP contribution in [-0.2, 0) is 12.7 Å². The Kier molecular flexibility index (Phi) is 5.52. The van der Waals surface area contributed by atoms with Crippen molar-refractivity contribution >= 4 is 22.9 Å². The van der Waals surface area contributed by atoms with Crippen molar-refractivity contribution in [1.82, 2.24) is 9.55 Å². The first kappa shape index (κ1) is 21.3. The van der Waals surface area contributed by atoms with E-state index in [0.29, 0.717) is 17.0 Å². The molecule has 1 N–H and O–H groups in total. The van der Waals surface area contributed by atoms with Crippen LogP contribution in [0, 0.1) is 0 Å². The van der Waals surface area contributed by atoms with E-state index in [2.05, 4.69) is 10.3 Å². The summed E-state index contributed by atoms with van der Waals surface area (Å²) in [6, 6.07) is 11.4. The number of nitrogens with zero attached hydrogens (tertiary/aromatic N) is 2. The molecule has 1 amide bonds. The van der Waals surface area contributed by atoms with Gasteiger partial charge in [-0.15, -0.1) is 0 Å². The number of halogens is 3. The van der Waals surface area contributed by atoms with E-state index >= 15 is 0 Å². The molecule has 166 valence electrons. The lowest BCUT2D eigenvalue weighted by Crippen LogP contribution is -2.17. The maximum absolute atomic E-state index is 13.2. The van der Waals surface area contributed by atoms with Crippen LogP contribution in [0.1, 0.15) is 21.7 Å². The van der Waals surface area contributed by atoms with Crippen molar-refractivity contribution < 1.29 is 31.9 Å². The Balaban J connectivity index is 1.78. The SMILES string of the molecule is COc1cccc(C(=O)Nc2nc3cc(C(F)(F)F)ccc3n2Cc2ccco2)c1OC. The fraction of sp³-hybridized carbons (Fsp3) is 0.182. The Hall–Kier alpha value is -3.95. The second kappa shape index (κ2) is 8.29. The van der Waals surface area contributed by atoms with E-state index in [1.165, 1.54) is 32.6 Å². The van der Waals surface area contributed by atoms with Crippen molar-refractivity contribution in [2.45, 2.75) is 12.7 Å². The van der Waals surface area contributed by atoms with E-state index in [1.54, 1.807) is 28.8 Å². The zero-order valence-corrected chi connectivity index (χ0v) is 17.1. The Labute approximate surface area is 180 Å². The molecule has 0 spiro atoms. The highest BCUT2D eigenvalue weighted by Crippen LogP contribution is 2.34.